The summed E-state index contributed by atoms with van der Waals surface area (Å²) in [5.41, 5.74) is 5.92. The van der Waals surface area contributed by atoms with Gasteiger partial charge in [-0.3, -0.25) is 4.79 Å². The molecule has 1 amide bonds. The number of hydrogen-bond donors (Lipinski definition) is 2. The lowest BCUT2D eigenvalue weighted by atomic mass is 10.0. The molecule has 0 heterocycles. The van der Waals surface area contributed by atoms with Gasteiger partial charge >= 0.3 is 0 Å². The van der Waals surface area contributed by atoms with Crippen molar-refractivity contribution in [2.45, 2.75) is 45.1 Å². The molecule has 0 aromatic rings. The van der Waals surface area contributed by atoms with Gasteiger partial charge in [-0.05, 0) is 49.4 Å². The van der Waals surface area contributed by atoms with Gasteiger partial charge in [0.25, 0.3) is 0 Å². The number of carbonyl (C=O) groups is 1. The molecular formula is C14H24N2O. The van der Waals surface area contributed by atoms with Crippen LogP contribution in [0, 0.1) is 29.6 Å². The zero-order valence-corrected chi connectivity index (χ0v) is 10.7. The summed E-state index contributed by atoms with van der Waals surface area (Å²) in [6.45, 7) is 2.79. The highest BCUT2D eigenvalue weighted by atomic mass is 16.2. The van der Waals surface area contributed by atoms with E-state index in [1.54, 1.807) is 0 Å². The van der Waals surface area contributed by atoms with Crippen molar-refractivity contribution >= 4 is 5.91 Å². The van der Waals surface area contributed by atoms with Crippen LogP contribution in [-0.2, 0) is 4.79 Å². The van der Waals surface area contributed by atoms with Crippen LogP contribution in [0.3, 0.4) is 0 Å². The number of carbonyl (C=O) groups excluding carboxylic acids is 1. The maximum atomic E-state index is 12.1. The van der Waals surface area contributed by atoms with E-state index in [1.165, 1.54) is 19.3 Å². The SMILES string of the molecule is CCCC(N)CNC(=O)C1C2C3CCC(C3)C12. The van der Waals surface area contributed by atoms with Crippen molar-refractivity contribution in [2.75, 3.05) is 6.54 Å². The third-order valence-corrected chi connectivity index (χ3v) is 5.24. The van der Waals surface area contributed by atoms with Gasteiger partial charge in [0.1, 0.15) is 0 Å². The summed E-state index contributed by atoms with van der Waals surface area (Å²) in [5, 5.41) is 3.06. The smallest absolute Gasteiger partial charge is 0.223 e. The zero-order chi connectivity index (χ0) is 12.0. The summed E-state index contributed by atoms with van der Waals surface area (Å²) < 4.78 is 0. The van der Waals surface area contributed by atoms with Crippen LogP contribution in [0.4, 0.5) is 0 Å². The van der Waals surface area contributed by atoms with Crippen molar-refractivity contribution in [2.24, 2.45) is 35.3 Å². The Morgan fingerprint density at radius 2 is 2.00 bits per heavy atom. The van der Waals surface area contributed by atoms with Crippen molar-refractivity contribution in [3.05, 3.63) is 0 Å². The Balaban J connectivity index is 1.46. The Kier molecular flexibility index (Phi) is 2.89. The predicted molar refractivity (Wildman–Crippen MR) is 67.2 cm³/mol. The molecule has 2 bridgehead atoms. The molecule has 17 heavy (non-hydrogen) atoms. The van der Waals surface area contributed by atoms with Crippen LogP contribution >= 0.6 is 0 Å². The molecule has 0 aliphatic heterocycles. The van der Waals surface area contributed by atoms with Crippen LogP contribution < -0.4 is 11.1 Å². The average molecular weight is 236 g/mol. The quantitative estimate of drug-likeness (QED) is 0.760. The number of nitrogens with one attached hydrogen (secondary N) is 1. The van der Waals surface area contributed by atoms with E-state index in [2.05, 4.69) is 12.2 Å². The van der Waals surface area contributed by atoms with E-state index in [4.69, 9.17) is 5.73 Å². The molecule has 3 aliphatic rings. The van der Waals surface area contributed by atoms with Gasteiger partial charge in [-0.15, -0.1) is 0 Å². The van der Waals surface area contributed by atoms with Crippen LogP contribution in [0.5, 0.6) is 0 Å². The molecule has 3 nitrogen and oxygen atoms in total. The molecule has 0 aromatic carbocycles. The highest BCUT2D eigenvalue weighted by molar-refractivity contribution is 5.82. The fraction of sp³-hybridized carbons (Fsp3) is 0.929. The second kappa shape index (κ2) is 4.27. The molecule has 0 aromatic heterocycles. The monoisotopic (exact) mass is 236 g/mol. The summed E-state index contributed by atoms with van der Waals surface area (Å²) in [4.78, 5) is 12.1. The molecule has 0 spiro atoms. The van der Waals surface area contributed by atoms with Crippen LogP contribution in [0.25, 0.3) is 0 Å². The summed E-state index contributed by atoms with van der Waals surface area (Å²) in [6.07, 6.45) is 6.27. The van der Waals surface area contributed by atoms with Crippen molar-refractivity contribution in [3.63, 3.8) is 0 Å². The summed E-state index contributed by atoms with van der Waals surface area (Å²) >= 11 is 0. The fourth-order valence-corrected chi connectivity index (χ4v) is 4.50. The van der Waals surface area contributed by atoms with Crippen molar-refractivity contribution in [1.82, 2.24) is 5.32 Å². The van der Waals surface area contributed by atoms with Crippen molar-refractivity contribution in [1.29, 1.82) is 0 Å². The molecule has 3 rings (SSSR count). The topological polar surface area (TPSA) is 55.1 Å². The lowest BCUT2D eigenvalue weighted by Crippen LogP contribution is -2.38. The number of nitrogens with two attached hydrogens (primary N) is 1. The second-order valence-corrected chi connectivity index (χ2v) is 6.31. The molecule has 3 saturated carbocycles. The molecule has 3 N–H and O–H groups in total. The highest BCUT2D eigenvalue weighted by Gasteiger charge is 2.67. The summed E-state index contributed by atoms with van der Waals surface area (Å²) in [6, 6.07) is 0.138. The first-order chi connectivity index (χ1) is 8.22. The third-order valence-electron chi connectivity index (χ3n) is 5.24. The predicted octanol–water partition coefficient (Wildman–Crippen LogP) is 1.52. The van der Waals surface area contributed by atoms with Crippen LogP contribution in [0.15, 0.2) is 0 Å². The van der Waals surface area contributed by atoms with Gasteiger partial charge in [0.2, 0.25) is 5.91 Å². The molecular weight excluding hydrogens is 212 g/mol. The Morgan fingerprint density at radius 1 is 1.35 bits per heavy atom. The van der Waals surface area contributed by atoms with E-state index in [9.17, 15) is 4.79 Å². The lowest BCUT2D eigenvalue weighted by molar-refractivity contribution is -0.123. The highest BCUT2D eigenvalue weighted by Crippen LogP contribution is 2.69. The largest absolute Gasteiger partial charge is 0.354 e. The summed E-state index contributed by atoms with van der Waals surface area (Å²) in [5.74, 6) is 3.90. The number of amides is 1. The van der Waals surface area contributed by atoms with E-state index < -0.39 is 0 Å². The fourth-order valence-electron chi connectivity index (χ4n) is 4.50. The molecule has 3 heteroatoms. The zero-order valence-electron chi connectivity index (χ0n) is 10.7. The van der Waals surface area contributed by atoms with E-state index >= 15 is 0 Å². The first-order valence-electron chi connectivity index (χ1n) is 7.25. The van der Waals surface area contributed by atoms with E-state index in [0.29, 0.717) is 18.4 Å². The molecule has 5 atom stereocenters. The molecule has 96 valence electrons. The number of hydrogen-bond acceptors (Lipinski definition) is 2. The van der Waals surface area contributed by atoms with E-state index in [0.717, 1.165) is 36.5 Å². The Bertz CT molecular complexity index is 301. The third kappa shape index (κ3) is 1.88. The standard InChI is InChI=1S/C14H24N2O/c1-2-3-10(15)7-16-14(17)13-11-8-4-5-9(6-8)12(11)13/h8-13H,2-7,15H2,1H3,(H,16,17). The van der Waals surface area contributed by atoms with Gasteiger partial charge < -0.3 is 11.1 Å². The average Bonchev–Trinajstić information content (AvgIpc) is 2.75. The molecule has 0 saturated heterocycles. The maximum Gasteiger partial charge on any atom is 0.223 e. The van der Waals surface area contributed by atoms with Crippen molar-refractivity contribution < 1.29 is 4.79 Å². The summed E-state index contributed by atoms with van der Waals surface area (Å²) in [7, 11) is 0. The van der Waals surface area contributed by atoms with Gasteiger partial charge in [0.15, 0.2) is 0 Å². The first kappa shape index (κ1) is 11.5. The second-order valence-electron chi connectivity index (χ2n) is 6.31. The maximum absolute atomic E-state index is 12.1. The molecule has 0 radical (unpaired) electrons. The first-order valence-corrected chi connectivity index (χ1v) is 7.25. The van der Waals surface area contributed by atoms with Gasteiger partial charge in [0.05, 0.1) is 0 Å². The molecule has 5 unspecified atom stereocenters. The molecule has 3 aliphatic carbocycles. The lowest BCUT2D eigenvalue weighted by Gasteiger charge is -2.13. The number of fused-ring (bicyclic) bond motifs is 5. The van der Waals surface area contributed by atoms with Crippen LogP contribution in [0.1, 0.15) is 39.0 Å². The van der Waals surface area contributed by atoms with E-state index in [-0.39, 0.29) is 6.04 Å². The van der Waals surface area contributed by atoms with Gasteiger partial charge in [-0.1, -0.05) is 13.3 Å². The Morgan fingerprint density at radius 3 is 2.59 bits per heavy atom. The minimum atomic E-state index is 0.138. The van der Waals surface area contributed by atoms with E-state index in [1.807, 2.05) is 0 Å². The van der Waals surface area contributed by atoms with Crippen LogP contribution in [0.2, 0.25) is 0 Å². The molecule has 3 fully saturated rings. The van der Waals surface area contributed by atoms with Gasteiger partial charge in [-0.25, -0.2) is 0 Å². The van der Waals surface area contributed by atoms with Gasteiger partial charge in [0, 0.05) is 18.5 Å². The normalized spacial score (nSPS) is 43.3. The minimum Gasteiger partial charge on any atom is -0.354 e. The van der Waals surface area contributed by atoms with Crippen molar-refractivity contribution in [3.8, 4) is 0 Å². The minimum absolute atomic E-state index is 0.138. The number of rotatable bonds is 5. The van der Waals surface area contributed by atoms with Crippen LogP contribution in [-0.4, -0.2) is 18.5 Å². The van der Waals surface area contributed by atoms with Gasteiger partial charge in [-0.2, -0.15) is 0 Å². The Hall–Kier alpha value is -0.570. The Labute approximate surface area is 104 Å².